The van der Waals surface area contributed by atoms with E-state index in [0.29, 0.717) is 6.42 Å². The molecule has 86 valence electrons. The van der Waals surface area contributed by atoms with Crippen molar-refractivity contribution in [3.8, 4) is 0 Å². The number of hydrogen-bond donors (Lipinski definition) is 2. The average molecular weight is 213 g/mol. The molecule has 0 unspecified atom stereocenters. The highest BCUT2D eigenvalue weighted by Gasteiger charge is 2.24. The maximum Gasteiger partial charge on any atom is 0.222 e. The summed E-state index contributed by atoms with van der Waals surface area (Å²) in [5, 5.41) is 11.5. The largest absolute Gasteiger partial charge is 0.409 e. The van der Waals surface area contributed by atoms with Crippen molar-refractivity contribution in [2.75, 3.05) is 13.1 Å². The summed E-state index contributed by atoms with van der Waals surface area (Å²) in [5.74, 6) is 0.633. The van der Waals surface area contributed by atoms with Gasteiger partial charge in [-0.3, -0.25) is 4.79 Å². The molecule has 1 rings (SSSR count). The Morgan fingerprint density at radius 1 is 1.53 bits per heavy atom. The first-order chi connectivity index (χ1) is 7.19. The number of hydrogen-bond acceptors (Lipinski definition) is 3. The quantitative estimate of drug-likeness (QED) is 0.314. The van der Waals surface area contributed by atoms with Crippen LogP contribution in [0.25, 0.3) is 0 Å². The Hall–Kier alpha value is -1.26. The molecule has 0 bridgehead atoms. The third kappa shape index (κ3) is 3.11. The van der Waals surface area contributed by atoms with Gasteiger partial charge in [-0.2, -0.15) is 0 Å². The fourth-order valence-electron chi connectivity index (χ4n) is 1.88. The summed E-state index contributed by atoms with van der Waals surface area (Å²) in [5.41, 5.74) is 5.52. The van der Waals surface area contributed by atoms with Gasteiger partial charge in [0, 0.05) is 25.4 Å². The van der Waals surface area contributed by atoms with E-state index in [1.165, 1.54) is 0 Å². The highest BCUT2D eigenvalue weighted by atomic mass is 16.4. The number of oxime groups is 1. The number of piperidine rings is 1. The van der Waals surface area contributed by atoms with Gasteiger partial charge < -0.3 is 15.8 Å². The van der Waals surface area contributed by atoms with Crippen LogP contribution in [0.5, 0.6) is 0 Å². The molecule has 3 N–H and O–H groups in total. The topological polar surface area (TPSA) is 78.9 Å². The van der Waals surface area contributed by atoms with Gasteiger partial charge in [0.2, 0.25) is 5.91 Å². The van der Waals surface area contributed by atoms with Crippen molar-refractivity contribution in [1.29, 1.82) is 0 Å². The third-order valence-corrected chi connectivity index (χ3v) is 2.85. The van der Waals surface area contributed by atoms with Gasteiger partial charge in [0.25, 0.3) is 0 Å². The second kappa shape index (κ2) is 5.58. The smallest absolute Gasteiger partial charge is 0.222 e. The molecule has 1 heterocycles. The van der Waals surface area contributed by atoms with Gasteiger partial charge in [0.05, 0.1) is 0 Å². The Bertz CT molecular complexity index is 245. The maximum atomic E-state index is 11.6. The minimum Gasteiger partial charge on any atom is -0.409 e. The number of amides is 1. The predicted octanol–water partition coefficient (Wildman–Crippen LogP) is 0.771. The van der Waals surface area contributed by atoms with Gasteiger partial charge in [0.15, 0.2) is 0 Å². The van der Waals surface area contributed by atoms with Crippen molar-refractivity contribution >= 4 is 11.7 Å². The van der Waals surface area contributed by atoms with Crippen molar-refractivity contribution in [3.63, 3.8) is 0 Å². The molecule has 0 aromatic heterocycles. The van der Waals surface area contributed by atoms with E-state index in [-0.39, 0.29) is 17.7 Å². The summed E-state index contributed by atoms with van der Waals surface area (Å²) < 4.78 is 0. The molecule has 1 aliphatic rings. The van der Waals surface area contributed by atoms with Crippen LogP contribution in [0.3, 0.4) is 0 Å². The number of carbonyl (C=O) groups is 1. The van der Waals surface area contributed by atoms with Crippen LogP contribution < -0.4 is 5.73 Å². The van der Waals surface area contributed by atoms with E-state index in [1.807, 2.05) is 11.8 Å². The molecule has 0 aromatic rings. The zero-order valence-corrected chi connectivity index (χ0v) is 9.15. The van der Waals surface area contributed by atoms with E-state index < -0.39 is 0 Å². The second-order valence-corrected chi connectivity index (χ2v) is 3.93. The Kier molecular flexibility index (Phi) is 4.39. The van der Waals surface area contributed by atoms with Gasteiger partial charge >= 0.3 is 0 Å². The molecule has 5 nitrogen and oxygen atoms in total. The number of rotatable bonds is 3. The lowest BCUT2D eigenvalue weighted by Gasteiger charge is -2.31. The Morgan fingerprint density at radius 3 is 2.60 bits per heavy atom. The summed E-state index contributed by atoms with van der Waals surface area (Å²) in [7, 11) is 0. The van der Waals surface area contributed by atoms with Crippen molar-refractivity contribution in [2.24, 2.45) is 16.8 Å². The predicted molar refractivity (Wildman–Crippen MR) is 57.6 cm³/mol. The molecule has 0 spiro atoms. The first-order valence-electron chi connectivity index (χ1n) is 5.44. The normalized spacial score (nSPS) is 19.3. The first kappa shape index (κ1) is 11.8. The minimum atomic E-state index is 0.126. The van der Waals surface area contributed by atoms with Crippen LogP contribution >= 0.6 is 0 Å². The monoisotopic (exact) mass is 213 g/mol. The molecule has 1 saturated heterocycles. The highest BCUT2D eigenvalue weighted by Crippen LogP contribution is 2.18. The third-order valence-electron chi connectivity index (χ3n) is 2.85. The van der Waals surface area contributed by atoms with Gasteiger partial charge in [-0.1, -0.05) is 12.1 Å². The molecule has 0 aromatic carbocycles. The molecule has 0 saturated carbocycles. The second-order valence-electron chi connectivity index (χ2n) is 3.93. The number of nitrogens with two attached hydrogens (primary N) is 1. The summed E-state index contributed by atoms with van der Waals surface area (Å²) in [6.07, 6.45) is 3.10. The zero-order chi connectivity index (χ0) is 11.3. The molecule has 0 atom stereocenters. The number of amidine groups is 1. The minimum absolute atomic E-state index is 0.126. The van der Waals surface area contributed by atoms with Crippen LogP contribution in [0.2, 0.25) is 0 Å². The molecule has 1 aliphatic heterocycles. The Labute approximate surface area is 89.9 Å². The Morgan fingerprint density at radius 2 is 2.13 bits per heavy atom. The molecule has 1 fully saturated rings. The van der Waals surface area contributed by atoms with Crippen molar-refractivity contribution in [2.45, 2.75) is 32.6 Å². The SMILES string of the molecule is CCCC(=O)N1CCC(C(N)=NO)CC1. The van der Waals surface area contributed by atoms with Gasteiger partial charge in [-0.25, -0.2) is 0 Å². The fourth-order valence-corrected chi connectivity index (χ4v) is 1.88. The molecule has 5 heteroatoms. The number of carbonyl (C=O) groups excluding carboxylic acids is 1. The van der Waals surface area contributed by atoms with E-state index in [2.05, 4.69) is 5.16 Å². The molecule has 0 aliphatic carbocycles. The molecular formula is C10H19N3O2. The van der Waals surface area contributed by atoms with Crippen LogP contribution in [0, 0.1) is 5.92 Å². The van der Waals surface area contributed by atoms with Crippen LogP contribution in [0.15, 0.2) is 5.16 Å². The lowest BCUT2D eigenvalue weighted by atomic mass is 9.95. The summed E-state index contributed by atoms with van der Waals surface area (Å²) in [6, 6.07) is 0. The van der Waals surface area contributed by atoms with E-state index >= 15 is 0 Å². The molecule has 15 heavy (non-hydrogen) atoms. The van der Waals surface area contributed by atoms with E-state index in [4.69, 9.17) is 10.9 Å². The summed E-state index contributed by atoms with van der Waals surface area (Å²) >= 11 is 0. The zero-order valence-electron chi connectivity index (χ0n) is 9.15. The molecule has 0 radical (unpaired) electrons. The van der Waals surface area contributed by atoms with Crippen molar-refractivity contribution < 1.29 is 10.0 Å². The summed E-state index contributed by atoms with van der Waals surface area (Å²) in [6.45, 7) is 3.44. The fraction of sp³-hybridized carbons (Fsp3) is 0.800. The van der Waals surface area contributed by atoms with Gasteiger partial charge in [0.1, 0.15) is 5.84 Å². The molecule has 1 amide bonds. The van der Waals surface area contributed by atoms with Crippen LogP contribution in [0.1, 0.15) is 32.6 Å². The van der Waals surface area contributed by atoms with Crippen molar-refractivity contribution in [3.05, 3.63) is 0 Å². The Balaban J connectivity index is 2.39. The first-order valence-corrected chi connectivity index (χ1v) is 5.44. The van der Waals surface area contributed by atoms with E-state index in [0.717, 1.165) is 32.4 Å². The lowest BCUT2D eigenvalue weighted by molar-refractivity contribution is -0.132. The number of likely N-dealkylation sites (tertiary alicyclic amines) is 1. The standard InChI is InChI=1S/C10H19N3O2/c1-2-3-9(14)13-6-4-8(5-7-13)10(11)12-15/h8,15H,2-7H2,1H3,(H2,11,12). The number of nitrogens with zero attached hydrogens (tertiary/aromatic N) is 2. The van der Waals surface area contributed by atoms with Crippen molar-refractivity contribution in [1.82, 2.24) is 4.90 Å². The van der Waals surface area contributed by atoms with Crippen LogP contribution in [-0.4, -0.2) is 34.9 Å². The van der Waals surface area contributed by atoms with Gasteiger partial charge in [-0.05, 0) is 19.3 Å². The van der Waals surface area contributed by atoms with E-state index in [9.17, 15) is 4.79 Å². The molecular weight excluding hydrogens is 194 g/mol. The lowest BCUT2D eigenvalue weighted by Crippen LogP contribution is -2.41. The maximum absolute atomic E-state index is 11.6. The summed E-state index contributed by atoms with van der Waals surface area (Å²) in [4.78, 5) is 13.4. The van der Waals surface area contributed by atoms with Crippen LogP contribution in [0.4, 0.5) is 0 Å². The average Bonchev–Trinajstić information content (AvgIpc) is 2.28. The highest BCUT2D eigenvalue weighted by molar-refractivity contribution is 5.82. The van der Waals surface area contributed by atoms with E-state index in [1.54, 1.807) is 0 Å². The van der Waals surface area contributed by atoms with Crippen LogP contribution in [-0.2, 0) is 4.79 Å². The van der Waals surface area contributed by atoms with Gasteiger partial charge in [-0.15, -0.1) is 0 Å².